The fourth-order valence-corrected chi connectivity index (χ4v) is 2.01. The van der Waals surface area contributed by atoms with E-state index in [-0.39, 0.29) is 0 Å². The van der Waals surface area contributed by atoms with E-state index in [9.17, 15) is 5.11 Å². The summed E-state index contributed by atoms with van der Waals surface area (Å²) in [4.78, 5) is 0. The highest BCUT2D eigenvalue weighted by Gasteiger charge is 2.19. The van der Waals surface area contributed by atoms with Gasteiger partial charge in [0.25, 0.3) is 0 Å². The molecule has 0 aliphatic rings. The second-order valence-electron chi connectivity index (χ2n) is 3.80. The first-order valence-electron chi connectivity index (χ1n) is 4.93. The molecule has 1 aromatic heterocycles. The number of thioether (sulfide) groups is 1. The van der Waals surface area contributed by atoms with Crippen LogP contribution in [0.2, 0.25) is 0 Å². The minimum absolute atomic E-state index is 0.383. The van der Waals surface area contributed by atoms with Gasteiger partial charge in [-0.1, -0.05) is 18.7 Å². The van der Waals surface area contributed by atoms with E-state index in [1.165, 1.54) is 11.8 Å². The molecule has 3 N–H and O–H groups in total. The highest BCUT2D eigenvalue weighted by atomic mass is 32.2. The predicted octanol–water partition coefficient (Wildman–Crippen LogP) is 0.527. The number of aliphatic hydroxyl groups is 1. The molecule has 1 aromatic rings. The van der Waals surface area contributed by atoms with Crippen LogP contribution in [0.3, 0.4) is 0 Å². The van der Waals surface area contributed by atoms with E-state index in [2.05, 4.69) is 10.2 Å². The molecule has 0 aromatic carbocycles. The molecular formula is C9H18N4OS. The molecule has 0 amide bonds. The zero-order valence-corrected chi connectivity index (χ0v) is 10.2. The maximum Gasteiger partial charge on any atom is 0.191 e. The minimum atomic E-state index is -0.653. The van der Waals surface area contributed by atoms with Crippen molar-refractivity contribution in [2.24, 2.45) is 12.8 Å². The summed E-state index contributed by atoms with van der Waals surface area (Å²) in [7, 11) is 1.88. The Morgan fingerprint density at radius 1 is 1.53 bits per heavy atom. The van der Waals surface area contributed by atoms with Crippen LogP contribution in [-0.2, 0) is 13.6 Å². The minimum Gasteiger partial charge on any atom is -0.389 e. The summed E-state index contributed by atoms with van der Waals surface area (Å²) in [6.07, 6.45) is 0.724. The fraction of sp³-hybridized carbons (Fsp3) is 0.778. The zero-order valence-electron chi connectivity index (χ0n) is 9.40. The number of aromatic nitrogens is 3. The first-order chi connectivity index (χ1) is 7.00. The second kappa shape index (κ2) is 4.96. The molecule has 0 radical (unpaired) electrons. The number of rotatable bonds is 5. The van der Waals surface area contributed by atoms with E-state index in [4.69, 9.17) is 5.73 Å². The Bertz CT molecular complexity index is 324. The molecule has 0 bridgehead atoms. The van der Waals surface area contributed by atoms with Gasteiger partial charge in [-0.2, -0.15) is 0 Å². The average molecular weight is 230 g/mol. The summed E-state index contributed by atoms with van der Waals surface area (Å²) in [6, 6.07) is 0. The molecule has 0 spiro atoms. The van der Waals surface area contributed by atoms with Gasteiger partial charge < -0.3 is 15.4 Å². The lowest BCUT2D eigenvalue weighted by Gasteiger charge is -2.19. The van der Waals surface area contributed by atoms with Crippen molar-refractivity contribution in [1.82, 2.24) is 14.8 Å². The Kier molecular flexibility index (Phi) is 4.12. The van der Waals surface area contributed by atoms with E-state index in [1.807, 2.05) is 25.5 Å². The largest absolute Gasteiger partial charge is 0.389 e. The molecule has 0 saturated carbocycles. The molecule has 1 rings (SSSR count). The predicted molar refractivity (Wildman–Crippen MR) is 60.5 cm³/mol. The molecule has 5 nitrogen and oxygen atoms in total. The quantitative estimate of drug-likeness (QED) is 0.721. The zero-order chi connectivity index (χ0) is 11.5. The van der Waals surface area contributed by atoms with Crippen molar-refractivity contribution in [1.29, 1.82) is 0 Å². The van der Waals surface area contributed by atoms with Gasteiger partial charge in [0.2, 0.25) is 0 Å². The van der Waals surface area contributed by atoms with Crippen LogP contribution in [0.5, 0.6) is 0 Å². The Morgan fingerprint density at radius 3 is 2.67 bits per heavy atom. The van der Waals surface area contributed by atoms with Crippen LogP contribution in [-0.4, -0.2) is 31.2 Å². The number of hydrogen-bond acceptors (Lipinski definition) is 5. The SMILES string of the molecule is CCC(C)(O)CSc1nnc(CN)n1C. The van der Waals surface area contributed by atoms with Crippen LogP contribution in [0.25, 0.3) is 0 Å². The van der Waals surface area contributed by atoms with Crippen molar-refractivity contribution in [2.75, 3.05) is 5.75 Å². The normalized spacial score (nSPS) is 15.3. The van der Waals surface area contributed by atoms with Crippen LogP contribution in [0.15, 0.2) is 5.16 Å². The third-order valence-corrected chi connectivity index (χ3v) is 3.76. The number of nitrogens with zero attached hydrogens (tertiary/aromatic N) is 3. The van der Waals surface area contributed by atoms with Gasteiger partial charge >= 0.3 is 0 Å². The van der Waals surface area contributed by atoms with E-state index in [1.54, 1.807) is 0 Å². The Balaban J connectivity index is 2.62. The molecule has 0 saturated heterocycles. The maximum absolute atomic E-state index is 9.84. The average Bonchev–Trinajstić information content (AvgIpc) is 2.57. The number of hydrogen-bond donors (Lipinski definition) is 2. The molecule has 15 heavy (non-hydrogen) atoms. The first kappa shape index (κ1) is 12.5. The summed E-state index contributed by atoms with van der Waals surface area (Å²) >= 11 is 1.50. The Hall–Kier alpha value is -0.590. The van der Waals surface area contributed by atoms with Crippen molar-refractivity contribution in [3.63, 3.8) is 0 Å². The molecule has 1 heterocycles. The van der Waals surface area contributed by atoms with E-state index < -0.39 is 5.60 Å². The molecule has 0 aliphatic heterocycles. The molecule has 1 unspecified atom stereocenters. The first-order valence-corrected chi connectivity index (χ1v) is 5.92. The van der Waals surface area contributed by atoms with Crippen LogP contribution < -0.4 is 5.73 Å². The van der Waals surface area contributed by atoms with Gasteiger partial charge in [0, 0.05) is 12.8 Å². The highest BCUT2D eigenvalue weighted by molar-refractivity contribution is 7.99. The monoisotopic (exact) mass is 230 g/mol. The van der Waals surface area contributed by atoms with Gasteiger partial charge in [-0.3, -0.25) is 0 Å². The topological polar surface area (TPSA) is 77.0 Å². The van der Waals surface area contributed by atoms with E-state index >= 15 is 0 Å². The Labute approximate surface area is 94.1 Å². The molecule has 1 atom stereocenters. The lowest BCUT2D eigenvalue weighted by molar-refractivity contribution is 0.0815. The summed E-state index contributed by atoms with van der Waals surface area (Å²) < 4.78 is 1.86. The van der Waals surface area contributed by atoms with Crippen molar-refractivity contribution >= 4 is 11.8 Å². The van der Waals surface area contributed by atoms with Gasteiger partial charge in [0.15, 0.2) is 5.16 Å². The number of nitrogens with two attached hydrogens (primary N) is 1. The second-order valence-corrected chi connectivity index (χ2v) is 4.74. The molecule has 0 fully saturated rings. The standard InChI is InChI=1S/C9H18N4OS/c1-4-9(2,14)6-15-8-12-11-7(5-10)13(8)3/h14H,4-6,10H2,1-3H3. The maximum atomic E-state index is 9.84. The van der Waals surface area contributed by atoms with Crippen molar-refractivity contribution in [3.8, 4) is 0 Å². The molecule has 0 aliphatic carbocycles. The van der Waals surface area contributed by atoms with Gasteiger partial charge in [0.05, 0.1) is 12.1 Å². The van der Waals surface area contributed by atoms with Crippen LogP contribution >= 0.6 is 11.8 Å². The van der Waals surface area contributed by atoms with Crippen molar-refractivity contribution in [3.05, 3.63) is 5.82 Å². The molecule has 86 valence electrons. The summed E-state index contributed by atoms with van der Waals surface area (Å²) in [5.74, 6) is 1.37. The van der Waals surface area contributed by atoms with Gasteiger partial charge in [0.1, 0.15) is 5.82 Å². The summed E-state index contributed by atoms with van der Waals surface area (Å²) in [5.41, 5.74) is 4.84. The van der Waals surface area contributed by atoms with Crippen LogP contribution in [0.4, 0.5) is 0 Å². The lowest BCUT2D eigenvalue weighted by Crippen LogP contribution is -2.26. The van der Waals surface area contributed by atoms with Crippen molar-refractivity contribution in [2.45, 2.75) is 37.6 Å². The van der Waals surface area contributed by atoms with Crippen LogP contribution in [0.1, 0.15) is 26.1 Å². The van der Waals surface area contributed by atoms with E-state index in [0.29, 0.717) is 12.3 Å². The smallest absolute Gasteiger partial charge is 0.191 e. The summed E-state index contributed by atoms with van der Waals surface area (Å²) in [6.45, 7) is 4.16. The highest BCUT2D eigenvalue weighted by Crippen LogP contribution is 2.22. The lowest BCUT2D eigenvalue weighted by atomic mass is 10.1. The van der Waals surface area contributed by atoms with Crippen molar-refractivity contribution < 1.29 is 5.11 Å². The Morgan fingerprint density at radius 2 is 2.20 bits per heavy atom. The fourth-order valence-electron chi connectivity index (χ4n) is 0.971. The molecule has 6 heteroatoms. The van der Waals surface area contributed by atoms with Gasteiger partial charge in [-0.05, 0) is 13.3 Å². The third-order valence-electron chi connectivity index (χ3n) is 2.38. The van der Waals surface area contributed by atoms with Gasteiger partial charge in [-0.15, -0.1) is 10.2 Å². The third kappa shape index (κ3) is 3.19. The van der Waals surface area contributed by atoms with E-state index in [0.717, 1.165) is 17.4 Å². The van der Waals surface area contributed by atoms with Gasteiger partial charge in [-0.25, -0.2) is 0 Å². The summed E-state index contributed by atoms with van der Waals surface area (Å²) in [5, 5.41) is 18.6. The molecular weight excluding hydrogens is 212 g/mol. The van der Waals surface area contributed by atoms with Crippen LogP contribution in [0, 0.1) is 0 Å².